The molecular weight excluding hydrogens is 388 g/mol. The van der Waals surface area contributed by atoms with E-state index in [0.29, 0.717) is 5.92 Å². The van der Waals surface area contributed by atoms with Gasteiger partial charge in [0, 0.05) is 8.95 Å². The van der Waals surface area contributed by atoms with Gasteiger partial charge in [0.25, 0.3) is 0 Å². The van der Waals surface area contributed by atoms with E-state index < -0.39 is 0 Å². The summed E-state index contributed by atoms with van der Waals surface area (Å²) >= 11 is 7.40. The second-order valence-corrected chi connectivity index (χ2v) is 7.65. The molecule has 0 radical (unpaired) electrons. The molecule has 21 heavy (non-hydrogen) atoms. The molecule has 0 N–H and O–H groups in total. The van der Waals surface area contributed by atoms with E-state index in [2.05, 4.69) is 88.2 Å². The number of halogens is 2. The zero-order valence-electron chi connectivity index (χ0n) is 11.9. The van der Waals surface area contributed by atoms with Crippen molar-refractivity contribution in [1.29, 1.82) is 0 Å². The molecule has 104 valence electrons. The highest BCUT2D eigenvalue weighted by molar-refractivity contribution is 9.11. The fourth-order valence-corrected chi connectivity index (χ4v) is 4.61. The molecule has 2 heteroatoms. The van der Waals surface area contributed by atoms with Gasteiger partial charge in [-0.05, 0) is 49.9 Å². The Morgan fingerprint density at radius 1 is 0.714 bits per heavy atom. The molecule has 0 aliphatic heterocycles. The second-order valence-electron chi connectivity index (χ2n) is 5.94. The van der Waals surface area contributed by atoms with Gasteiger partial charge in [-0.1, -0.05) is 82.1 Å². The molecule has 0 bridgehead atoms. The predicted molar refractivity (Wildman–Crippen MR) is 99.6 cm³/mol. The second kappa shape index (κ2) is 4.69. The lowest BCUT2D eigenvalue weighted by molar-refractivity contribution is 0.870. The van der Waals surface area contributed by atoms with Gasteiger partial charge in [-0.3, -0.25) is 0 Å². The van der Waals surface area contributed by atoms with Crippen LogP contribution >= 0.6 is 31.9 Å². The molecular formula is C19H14Br2. The lowest BCUT2D eigenvalue weighted by Crippen LogP contribution is -1.91. The summed E-state index contributed by atoms with van der Waals surface area (Å²) in [5.74, 6) is 0.547. The summed E-state index contributed by atoms with van der Waals surface area (Å²) in [5.41, 5.74) is 1.40. The topological polar surface area (TPSA) is 0 Å². The van der Waals surface area contributed by atoms with Crippen LogP contribution in [0.3, 0.4) is 0 Å². The van der Waals surface area contributed by atoms with Gasteiger partial charge in [-0.2, -0.15) is 0 Å². The van der Waals surface area contributed by atoms with Crippen LogP contribution in [0.25, 0.3) is 32.3 Å². The molecule has 0 nitrogen and oxygen atoms in total. The van der Waals surface area contributed by atoms with Crippen LogP contribution in [0.5, 0.6) is 0 Å². The maximum Gasteiger partial charge on any atom is 0.0265 e. The van der Waals surface area contributed by atoms with Crippen molar-refractivity contribution < 1.29 is 0 Å². The first-order valence-corrected chi connectivity index (χ1v) is 8.71. The summed E-state index contributed by atoms with van der Waals surface area (Å²) in [6.45, 7) is 4.50. The van der Waals surface area contributed by atoms with Gasteiger partial charge in [0.2, 0.25) is 0 Å². The third kappa shape index (κ3) is 1.92. The minimum atomic E-state index is 0.547. The van der Waals surface area contributed by atoms with Crippen molar-refractivity contribution in [1.82, 2.24) is 0 Å². The fourth-order valence-electron chi connectivity index (χ4n) is 3.19. The third-order valence-corrected chi connectivity index (χ3v) is 5.62. The first-order chi connectivity index (χ1) is 10.1. The molecule has 0 heterocycles. The lowest BCUT2D eigenvalue weighted by Gasteiger charge is -2.15. The number of rotatable bonds is 1. The third-order valence-electron chi connectivity index (χ3n) is 4.30. The van der Waals surface area contributed by atoms with Crippen molar-refractivity contribution >= 4 is 64.2 Å². The molecule has 0 amide bonds. The highest BCUT2D eigenvalue weighted by Gasteiger charge is 2.13. The van der Waals surface area contributed by atoms with Crippen LogP contribution < -0.4 is 0 Å². The smallest absolute Gasteiger partial charge is 0.0265 e. The molecule has 0 atom stereocenters. The average Bonchev–Trinajstić information content (AvgIpc) is 2.46. The van der Waals surface area contributed by atoms with Gasteiger partial charge in [0.1, 0.15) is 0 Å². The molecule has 4 aromatic carbocycles. The Labute approximate surface area is 140 Å². The molecule has 4 rings (SSSR count). The van der Waals surface area contributed by atoms with E-state index in [1.165, 1.54) is 37.9 Å². The van der Waals surface area contributed by atoms with Crippen LogP contribution in [0.1, 0.15) is 25.3 Å². The number of hydrogen-bond acceptors (Lipinski definition) is 0. The first-order valence-electron chi connectivity index (χ1n) is 7.12. The molecule has 0 fully saturated rings. The summed E-state index contributed by atoms with van der Waals surface area (Å²) in [5, 5.41) is 7.95. The monoisotopic (exact) mass is 400 g/mol. The number of benzene rings is 4. The Morgan fingerprint density at radius 2 is 1.24 bits per heavy atom. The molecule has 4 aromatic rings. The molecule has 0 aromatic heterocycles. The van der Waals surface area contributed by atoms with Gasteiger partial charge in [0.05, 0.1) is 0 Å². The Bertz CT molecular complexity index is 913. The zero-order chi connectivity index (χ0) is 14.7. The lowest BCUT2D eigenvalue weighted by atomic mass is 9.90. The minimum absolute atomic E-state index is 0.547. The molecule has 0 unspecified atom stereocenters. The molecule has 0 aliphatic carbocycles. The van der Waals surface area contributed by atoms with Crippen molar-refractivity contribution in [3.8, 4) is 0 Å². The molecule has 0 aliphatic rings. The van der Waals surface area contributed by atoms with E-state index in [0.717, 1.165) is 8.95 Å². The number of hydrogen-bond donors (Lipinski definition) is 0. The van der Waals surface area contributed by atoms with E-state index in [9.17, 15) is 0 Å². The van der Waals surface area contributed by atoms with Crippen molar-refractivity contribution in [3.05, 3.63) is 57.0 Å². The first kappa shape index (κ1) is 13.5. The summed E-state index contributed by atoms with van der Waals surface area (Å²) in [7, 11) is 0. The van der Waals surface area contributed by atoms with E-state index in [4.69, 9.17) is 0 Å². The largest absolute Gasteiger partial charge is 0.0587 e. The van der Waals surface area contributed by atoms with Crippen molar-refractivity contribution in [2.45, 2.75) is 19.8 Å². The molecule has 0 spiro atoms. The maximum absolute atomic E-state index is 3.70. The average molecular weight is 402 g/mol. The maximum atomic E-state index is 3.70. The minimum Gasteiger partial charge on any atom is -0.0587 e. The highest BCUT2D eigenvalue weighted by Crippen LogP contribution is 2.41. The van der Waals surface area contributed by atoms with Gasteiger partial charge < -0.3 is 0 Å². The van der Waals surface area contributed by atoms with Crippen molar-refractivity contribution in [2.24, 2.45) is 0 Å². The summed E-state index contributed by atoms with van der Waals surface area (Å²) < 4.78 is 2.29. The Balaban J connectivity index is 2.30. The van der Waals surface area contributed by atoms with Crippen LogP contribution in [0.4, 0.5) is 0 Å². The van der Waals surface area contributed by atoms with Crippen LogP contribution in [0, 0.1) is 0 Å². The van der Waals surface area contributed by atoms with E-state index in [-0.39, 0.29) is 0 Å². The Hall–Kier alpha value is -1.12. The predicted octanol–water partition coefficient (Wildman–Crippen LogP) is 7.23. The van der Waals surface area contributed by atoms with E-state index in [1.54, 1.807) is 0 Å². The Kier molecular flexibility index (Phi) is 3.02. The van der Waals surface area contributed by atoms with E-state index in [1.807, 2.05) is 0 Å². The zero-order valence-corrected chi connectivity index (χ0v) is 15.0. The quantitative estimate of drug-likeness (QED) is 0.295. The van der Waals surface area contributed by atoms with Crippen LogP contribution in [0.2, 0.25) is 0 Å². The highest BCUT2D eigenvalue weighted by atomic mass is 79.9. The normalized spacial score (nSPS) is 12.2. The summed E-state index contributed by atoms with van der Waals surface area (Å²) in [6, 6.07) is 15.8. The summed E-state index contributed by atoms with van der Waals surface area (Å²) in [4.78, 5) is 0. The van der Waals surface area contributed by atoms with Crippen molar-refractivity contribution in [2.75, 3.05) is 0 Å². The van der Waals surface area contributed by atoms with Gasteiger partial charge in [0.15, 0.2) is 0 Å². The molecule has 0 saturated heterocycles. The fraction of sp³-hybridized carbons (Fsp3) is 0.158. The van der Waals surface area contributed by atoms with Gasteiger partial charge in [-0.25, -0.2) is 0 Å². The van der Waals surface area contributed by atoms with Crippen LogP contribution in [0.15, 0.2) is 51.4 Å². The Morgan fingerprint density at radius 3 is 1.71 bits per heavy atom. The van der Waals surface area contributed by atoms with Crippen LogP contribution in [-0.4, -0.2) is 0 Å². The summed E-state index contributed by atoms with van der Waals surface area (Å²) in [6.07, 6.45) is 0. The SMILES string of the molecule is CC(C)c1cc2ccc3c(Br)cc(Br)c4ccc(c1)c2c34. The molecule has 0 saturated carbocycles. The van der Waals surface area contributed by atoms with Crippen molar-refractivity contribution in [3.63, 3.8) is 0 Å². The van der Waals surface area contributed by atoms with Gasteiger partial charge >= 0.3 is 0 Å². The standard InChI is InChI=1S/C19H14Br2/c1-10(2)13-7-11-3-5-14-16(20)9-17(21)15-6-4-12(8-13)18(11)19(14)15/h3-10H,1-2H3. The van der Waals surface area contributed by atoms with Gasteiger partial charge in [-0.15, -0.1) is 0 Å². The van der Waals surface area contributed by atoms with Crippen LogP contribution in [-0.2, 0) is 0 Å². The van der Waals surface area contributed by atoms with E-state index >= 15 is 0 Å².